The second kappa shape index (κ2) is 4.25. The number of benzene rings is 1. The van der Waals surface area contributed by atoms with Crippen molar-refractivity contribution < 1.29 is 22.4 Å². The Morgan fingerprint density at radius 2 is 2.00 bits per heavy atom. The summed E-state index contributed by atoms with van der Waals surface area (Å²) in [5, 5.41) is 0. The molecule has 1 aromatic carbocycles. The van der Waals surface area contributed by atoms with Crippen LogP contribution in [0.4, 0.5) is 17.6 Å². The molecule has 1 N–H and O–H groups in total. The Balaban J connectivity index is 2.61. The summed E-state index contributed by atoms with van der Waals surface area (Å²) in [6.07, 6.45) is -3.15. The molecule has 7 heteroatoms. The number of hydrogen-bond acceptors (Lipinski definition) is 2. The van der Waals surface area contributed by atoms with E-state index in [1.165, 1.54) is 0 Å². The van der Waals surface area contributed by atoms with E-state index in [1.807, 2.05) is 0 Å². The van der Waals surface area contributed by atoms with Crippen LogP contribution in [0.5, 0.6) is 0 Å². The smallest absolute Gasteiger partial charge is 0.336 e. The van der Waals surface area contributed by atoms with Gasteiger partial charge in [-0.3, -0.25) is 4.79 Å². The lowest BCUT2D eigenvalue weighted by Crippen LogP contribution is -2.08. The van der Waals surface area contributed by atoms with Crippen molar-refractivity contribution in [2.75, 3.05) is 0 Å². The van der Waals surface area contributed by atoms with Gasteiger partial charge in [-0.15, -0.1) is 0 Å². The Morgan fingerprint density at radius 1 is 1.28 bits per heavy atom. The molecule has 0 fully saturated rings. The fraction of sp³-hybridized carbons (Fsp3) is 0.0909. The molecule has 94 valence electrons. The molecule has 0 saturated carbocycles. The number of H-pyrrole nitrogens is 1. The van der Waals surface area contributed by atoms with Crippen molar-refractivity contribution in [3.8, 4) is 11.4 Å². The molecule has 3 nitrogen and oxygen atoms in total. The van der Waals surface area contributed by atoms with Crippen molar-refractivity contribution in [3.63, 3.8) is 0 Å². The molecule has 0 aliphatic heterocycles. The van der Waals surface area contributed by atoms with Gasteiger partial charge in [-0.2, -0.15) is 13.2 Å². The topological polar surface area (TPSA) is 45.8 Å². The number of aldehydes is 1. The number of aromatic amines is 1. The second-order valence-electron chi connectivity index (χ2n) is 3.49. The molecule has 0 bridgehead atoms. The van der Waals surface area contributed by atoms with Gasteiger partial charge in [0.05, 0.1) is 17.5 Å². The molecule has 0 radical (unpaired) electrons. The maximum Gasteiger partial charge on any atom is 0.417 e. The first-order valence-electron chi connectivity index (χ1n) is 4.79. The van der Waals surface area contributed by atoms with E-state index in [-0.39, 0.29) is 11.5 Å². The molecule has 0 spiro atoms. The summed E-state index contributed by atoms with van der Waals surface area (Å²) < 4.78 is 51.2. The van der Waals surface area contributed by atoms with Crippen LogP contribution in [-0.2, 0) is 6.18 Å². The number of nitrogens with one attached hydrogen (secondary N) is 1. The number of imidazole rings is 1. The summed E-state index contributed by atoms with van der Waals surface area (Å²) in [4.78, 5) is 16.4. The van der Waals surface area contributed by atoms with Gasteiger partial charge in [-0.25, -0.2) is 9.37 Å². The molecule has 0 aliphatic rings. The molecule has 0 unspecified atom stereocenters. The van der Waals surface area contributed by atoms with Gasteiger partial charge in [0.1, 0.15) is 11.6 Å². The van der Waals surface area contributed by atoms with Crippen LogP contribution in [0.25, 0.3) is 11.4 Å². The molecule has 1 aromatic heterocycles. The molecule has 0 atom stereocenters. The maximum atomic E-state index is 13.0. The van der Waals surface area contributed by atoms with Gasteiger partial charge in [-0.05, 0) is 18.2 Å². The van der Waals surface area contributed by atoms with Crippen LogP contribution in [0, 0.1) is 5.82 Å². The lowest BCUT2D eigenvalue weighted by atomic mass is 10.1. The summed E-state index contributed by atoms with van der Waals surface area (Å²) >= 11 is 0. The molecular weight excluding hydrogens is 252 g/mol. The minimum absolute atomic E-state index is 0.0161. The van der Waals surface area contributed by atoms with Gasteiger partial charge in [0, 0.05) is 5.56 Å². The second-order valence-corrected chi connectivity index (χ2v) is 3.49. The third-order valence-electron chi connectivity index (χ3n) is 2.26. The first kappa shape index (κ1) is 12.3. The highest BCUT2D eigenvalue weighted by Crippen LogP contribution is 2.36. The zero-order valence-corrected chi connectivity index (χ0v) is 8.75. The lowest BCUT2D eigenvalue weighted by Gasteiger charge is -2.11. The van der Waals surface area contributed by atoms with E-state index in [4.69, 9.17) is 0 Å². The zero-order valence-electron chi connectivity index (χ0n) is 8.75. The van der Waals surface area contributed by atoms with E-state index >= 15 is 0 Å². The summed E-state index contributed by atoms with van der Waals surface area (Å²) in [6.45, 7) is 0. The Kier molecular flexibility index (Phi) is 2.90. The predicted molar refractivity (Wildman–Crippen MR) is 54.4 cm³/mol. The van der Waals surface area contributed by atoms with Crippen molar-refractivity contribution >= 4 is 6.29 Å². The standard InChI is InChI=1S/C11H6F4N2O/c12-6-1-2-9(11(13,14)15)8(3-6)10-16-4-7(5-18)17-10/h1-5H,(H,16,17). The first-order valence-corrected chi connectivity index (χ1v) is 4.79. The summed E-state index contributed by atoms with van der Waals surface area (Å²) in [5.41, 5.74) is -1.44. The highest BCUT2D eigenvalue weighted by molar-refractivity contribution is 5.73. The monoisotopic (exact) mass is 258 g/mol. The number of halogens is 4. The summed E-state index contributed by atoms with van der Waals surface area (Å²) in [5.74, 6) is -1.02. The molecule has 0 saturated heterocycles. The normalized spacial score (nSPS) is 11.6. The first-order chi connectivity index (χ1) is 8.41. The van der Waals surface area contributed by atoms with Crippen LogP contribution < -0.4 is 0 Å². The fourth-order valence-electron chi connectivity index (χ4n) is 1.49. The molecule has 0 amide bonds. The van der Waals surface area contributed by atoms with Crippen LogP contribution in [0.3, 0.4) is 0 Å². The van der Waals surface area contributed by atoms with Crippen molar-refractivity contribution in [2.45, 2.75) is 6.18 Å². The van der Waals surface area contributed by atoms with Crippen molar-refractivity contribution in [1.29, 1.82) is 0 Å². The predicted octanol–water partition coefficient (Wildman–Crippen LogP) is 3.05. The molecule has 18 heavy (non-hydrogen) atoms. The maximum absolute atomic E-state index is 13.0. The van der Waals surface area contributed by atoms with Crippen LogP contribution in [0.1, 0.15) is 16.1 Å². The SMILES string of the molecule is O=Cc1cnc(-c2cc(F)ccc2C(F)(F)F)[nH]1. The van der Waals surface area contributed by atoms with E-state index in [1.54, 1.807) is 0 Å². The van der Waals surface area contributed by atoms with Crippen LogP contribution in [0.2, 0.25) is 0 Å². The van der Waals surface area contributed by atoms with Gasteiger partial charge in [0.15, 0.2) is 6.29 Å². The summed E-state index contributed by atoms with van der Waals surface area (Å²) in [7, 11) is 0. The van der Waals surface area contributed by atoms with E-state index in [0.717, 1.165) is 18.3 Å². The van der Waals surface area contributed by atoms with E-state index in [0.29, 0.717) is 12.4 Å². The molecule has 2 aromatic rings. The van der Waals surface area contributed by atoms with Gasteiger partial charge in [-0.1, -0.05) is 0 Å². The number of alkyl halides is 3. The Bertz CT molecular complexity index is 589. The largest absolute Gasteiger partial charge is 0.417 e. The quantitative estimate of drug-likeness (QED) is 0.664. The van der Waals surface area contributed by atoms with Crippen LogP contribution >= 0.6 is 0 Å². The van der Waals surface area contributed by atoms with Gasteiger partial charge < -0.3 is 4.98 Å². The van der Waals surface area contributed by atoms with Crippen LogP contribution in [0.15, 0.2) is 24.4 Å². The van der Waals surface area contributed by atoms with Crippen LogP contribution in [-0.4, -0.2) is 16.3 Å². The Labute approximate surface area is 98.5 Å². The molecule has 1 heterocycles. The molecule has 0 aliphatic carbocycles. The third-order valence-corrected chi connectivity index (χ3v) is 2.26. The number of aromatic nitrogens is 2. The number of hydrogen-bond donors (Lipinski definition) is 1. The number of carbonyl (C=O) groups excluding carboxylic acids is 1. The minimum atomic E-state index is -4.63. The number of carbonyl (C=O) groups is 1. The highest BCUT2D eigenvalue weighted by Gasteiger charge is 2.34. The highest BCUT2D eigenvalue weighted by atomic mass is 19.4. The molecule has 2 rings (SSSR count). The third kappa shape index (κ3) is 2.24. The lowest BCUT2D eigenvalue weighted by molar-refractivity contribution is -0.137. The molecular formula is C11H6F4N2O. The van der Waals surface area contributed by atoms with E-state index in [9.17, 15) is 22.4 Å². The minimum Gasteiger partial charge on any atom is -0.336 e. The number of rotatable bonds is 2. The van der Waals surface area contributed by atoms with Gasteiger partial charge in [0.25, 0.3) is 0 Å². The van der Waals surface area contributed by atoms with Crippen molar-refractivity contribution in [1.82, 2.24) is 9.97 Å². The average Bonchev–Trinajstić information content (AvgIpc) is 2.75. The van der Waals surface area contributed by atoms with Crippen molar-refractivity contribution in [3.05, 3.63) is 41.5 Å². The van der Waals surface area contributed by atoms with Gasteiger partial charge in [0.2, 0.25) is 0 Å². The van der Waals surface area contributed by atoms with Gasteiger partial charge >= 0.3 is 6.18 Å². The van der Waals surface area contributed by atoms with E-state index < -0.39 is 23.1 Å². The Morgan fingerprint density at radius 3 is 2.56 bits per heavy atom. The average molecular weight is 258 g/mol. The number of nitrogens with zero attached hydrogens (tertiary/aromatic N) is 1. The van der Waals surface area contributed by atoms with E-state index in [2.05, 4.69) is 9.97 Å². The van der Waals surface area contributed by atoms with Crippen molar-refractivity contribution in [2.24, 2.45) is 0 Å². The fourth-order valence-corrected chi connectivity index (χ4v) is 1.49. The Hall–Kier alpha value is -2.18. The zero-order chi connectivity index (χ0) is 13.3. The summed E-state index contributed by atoms with van der Waals surface area (Å²) in [6, 6.07) is 2.07.